The van der Waals surface area contributed by atoms with Crippen molar-refractivity contribution in [2.75, 3.05) is 37.6 Å². The molecular weight excluding hydrogens is 406 g/mol. The standard InChI is InChI=1S/C21H31N5O3.ClH/c1-16(27)24-19(21(29)26-11-3-2-4-12-26)15-23-20(28)17-7-13-25(14-8-17)18-5-9-22-10-6-18;/h5-6,9-10,17,19H,2-4,7-8,11-15H2,1H3,(H,23,28)(H,24,27);1H. The van der Waals surface area contributed by atoms with E-state index in [9.17, 15) is 14.4 Å². The van der Waals surface area contributed by atoms with Crippen LogP contribution in [-0.4, -0.2) is 66.4 Å². The first-order chi connectivity index (χ1) is 14.0. The van der Waals surface area contributed by atoms with Crippen LogP contribution in [0.4, 0.5) is 5.69 Å². The number of carbonyl (C=O) groups excluding carboxylic acids is 3. The number of rotatable bonds is 6. The molecule has 0 radical (unpaired) electrons. The summed E-state index contributed by atoms with van der Waals surface area (Å²) in [5, 5.41) is 5.61. The van der Waals surface area contributed by atoms with Crippen molar-refractivity contribution < 1.29 is 14.4 Å². The summed E-state index contributed by atoms with van der Waals surface area (Å²) >= 11 is 0. The summed E-state index contributed by atoms with van der Waals surface area (Å²) in [6.45, 7) is 4.59. The summed E-state index contributed by atoms with van der Waals surface area (Å²) in [6, 6.07) is 3.25. The molecule has 8 nitrogen and oxygen atoms in total. The van der Waals surface area contributed by atoms with Crippen molar-refractivity contribution in [1.82, 2.24) is 20.5 Å². The van der Waals surface area contributed by atoms with Gasteiger partial charge in [-0.1, -0.05) is 0 Å². The highest BCUT2D eigenvalue weighted by Crippen LogP contribution is 2.22. The smallest absolute Gasteiger partial charge is 0.246 e. The van der Waals surface area contributed by atoms with Crippen LogP contribution in [0.2, 0.25) is 0 Å². The molecule has 3 rings (SSSR count). The van der Waals surface area contributed by atoms with Crippen LogP contribution in [0.5, 0.6) is 0 Å². The zero-order valence-electron chi connectivity index (χ0n) is 17.5. The van der Waals surface area contributed by atoms with Gasteiger partial charge in [0.15, 0.2) is 0 Å². The van der Waals surface area contributed by atoms with Crippen molar-refractivity contribution in [2.45, 2.75) is 45.1 Å². The van der Waals surface area contributed by atoms with Crippen molar-refractivity contribution in [3.63, 3.8) is 0 Å². The topological polar surface area (TPSA) is 94.6 Å². The lowest BCUT2D eigenvalue weighted by atomic mass is 9.95. The van der Waals surface area contributed by atoms with E-state index in [4.69, 9.17) is 0 Å². The predicted molar refractivity (Wildman–Crippen MR) is 117 cm³/mol. The van der Waals surface area contributed by atoms with Gasteiger partial charge in [-0.3, -0.25) is 19.4 Å². The lowest BCUT2D eigenvalue weighted by Crippen LogP contribution is -2.55. The molecule has 3 amide bonds. The Hall–Kier alpha value is -2.35. The third-order valence-corrected chi connectivity index (χ3v) is 5.72. The SMILES string of the molecule is CC(=O)NC(CNC(=O)C1CCN(c2ccncc2)CC1)C(=O)N1CCCCC1.Cl. The second kappa shape index (κ2) is 11.7. The molecule has 0 bridgehead atoms. The van der Waals surface area contributed by atoms with Crippen LogP contribution < -0.4 is 15.5 Å². The summed E-state index contributed by atoms with van der Waals surface area (Å²) < 4.78 is 0. The summed E-state index contributed by atoms with van der Waals surface area (Å²) in [7, 11) is 0. The van der Waals surface area contributed by atoms with Crippen LogP contribution in [0.25, 0.3) is 0 Å². The molecule has 1 atom stereocenters. The molecule has 0 saturated carbocycles. The van der Waals surface area contributed by atoms with Gasteiger partial charge < -0.3 is 20.4 Å². The number of aromatic nitrogens is 1. The number of hydrogen-bond acceptors (Lipinski definition) is 5. The number of likely N-dealkylation sites (tertiary alicyclic amines) is 1. The van der Waals surface area contributed by atoms with Crippen molar-refractivity contribution in [3.05, 3.63) is 24.5 Å². The van der Waals surface area contributed by atoms with Gasteiger partial charge >= 0.3 is 0 Å². The molecule has 1 aromatic heterocycles. The molecule has 0 spiro atoms. The maximum absolute atomic E-state index is 12.8. The monoisotopic (exact) mass is 437 g/mol. The molecule has 0 aromatic carbocycles. The zero-order chi connectivity index (χ0) is 20.6. The maximum Gasteiger partial charge on any atom is 0.246 e. The van der Waals surface area contributed by atoms with Crippen LogP contribution in [-0.2, 0) is 14.4 Å². The van der Waals surface area contributed by atoms with Crippen molar-refractivity contribution >= 4 is 35.8 Å². The lowest BCUT2D eigenvalue weighted by molar-refractivity contribution is -0.137. The number of hydrogen-bond donors (Lipinski definition) is 2. The van der Waals surface area contributed by atoms with Crippen molar-refractivity contribution in [2.24, 2.45) is 5.92 Å². The number of nitrogens with one attached hydrogen (secondary N) is 2. The van der Waals surface area contributed by atoms with E-state index in [0.717, 1.165) is 64.0 Å². The van der Waals surface area contributed by atoms with Gasteiger partial charge in [0.25, 0.3) is 0 Å². The van der Waals surface area contributed by atoms with Crippen LogP contribution in [0.3, 0.4) is 0 Å². The number of piperidine rings is 2. The molecule has 30 heavy (non-hydrogen) atoms. The number of nitrogens with zero attached hydrogens (tertiary/aromatic N) is 3. The zero-order valence-corrected chi connectivity index (χ0v) is 18.3. The van der Waals surface area contributed by atoms with Gasteiger partial charge in [-0.05, 0) is 44.2 Å². The van der Waals surface area contributed by atoms with Gasteiger partial charge in [-0.2, -0.15) is 0 Å². The minimum Gasteiger partial charge on any atom is -0.371 e. The molecule has 2 aliphatic heterocycles. The summed E-state index contributed by atoms with van der Waals surface area (Å²) in [5.74, 6) is -0.481. The Morgan fingerprint density at radius 1 is 1.07 bits per heavy atom. The summed E-state index contributed by atoms with van der Waals surface area (Å²) in [4.78, 5) is 45.1. The fraction of sp³-hybridized carbons (Fsp3) is 0.619. The lowest BCUT2D eigenvalue weighted by Gasteiger charge is -2.33. The third kappa shape index (κ3) is 6.58. The van der Waals surface area contributed by atoms with Crippen LogP contribution in [0.15, 0.2) is 24.5 Å². The minimum atomic E-state index is -0.702. The van der Waals surface area contributed by atoms with E-state index in [1.54, 1.807) is 17.3 Å². The first-order valence-corrected chi connectivity index (χ1v) is 10.5. The molecule has 9 heteroatoms. The van der Waals surface area contributed by atoms with E-state index in [0.29, 0.717) is 0 Å². The van der Waals surface area contributed by atoms with Crippen molar-refractivity contribution in [1.29, 1.82) is 0 Å². The summed E-state index contributed by atoms with van der Waals surface area (Å²) in [6.07, 6.45) is 8.18. The Kier molecular flexibility index (Phi) is 9.36. The molecule has 2 aliphatic rings. The highest BCUT2D eigenvalue weighted by molar-refractivity contribution is 5.88. The Morgan fingerprint density at radius 2 is 1.70 bits per heavy atom. The van der Waals surface area contributed by atoms with E-state index >= 15 is 0 Å². The fourth-order valence-electron chi connectivity index (χ4n) is 4.08. The Bertz CT molecular complexity index is 704. The molecule has 166 valence electrons. The molecule has 2 saturated heterocycles. The number of halogens is 1. The van der Waals surface area contributed by atoms with Crippen LogP contribution in [0.1, 0.15) is 39.0 Å². The largest absolute Gasteiger partial charge is 0.371 e. The highest BCUT2D eigenvalue weighted by Gasteiger charge is 2.29. The predicted octanol–water partition coefficient (Wildman–Crippen LogP) is 1.35. The first kappa shape index (κ1) is 23.9. The van der Waals surface area contributed by atoms with Gasteiger partial charge in [0, 0.05) is 63.6 Å². The molecular formula is C21H32ClN5O3. The van der Waals surface area contributed by atoms with Gasteiger partial charge in [0.05, 0.1) is 0 Å². The average Bonchev–Trinajstić information content (AvgIpc) is 2.77. The molecule has 1 unspecified atom stereocenters. The van der Waals surface area contributed by atoms with E-state index < -0.39 is 6.04 Å². The van der Waals surface area contributed by atoms with E-state index in [1.165, 1.54) is 6.92 Å². The molecule has 3 heterocycles. The Balaban J connectivity index is 0.00000320. The number of amides is 3. The Morgan fingerprint density at radius 3 is 2.30 bits per heavy atom. The minimum absolute atomic E-state index is 0. The van der Waals surface area contributed by atoms with E-state index in [2.05, 4.69) is 20.5 Å². The van der Waals surface area contributed by atoms with Gasteiger partial charge in [-0.25, -0.2) is 0 Å². The van der Waals surface area contributed by atoms with E-state index in [-0.39, 0.29) is 42.6 Å². The average molecular weight is 438 g/mol. The number of carbonyl (C=O) groups is 3. The first-order valence-electron chi connectivity index (χ1n) is 10.5. The number of anilines is 1. The molecule has 0 aliphatic carbocycles. The molecule has 2 fully saturated rings. The van der Waals surface area contributed by atoms with Gasteiger partial charge in [-0.15, -0.1) is 12.4 Å². The molecule has 1 aromatic rings. The van der Waals surface area contributed by atoms with Gasteiger partial charge in [0.1, 0.15) is 6.04 Å². The van der Waals surface area contributed by atoms with E-state index in [1.807, 2.05) is 12.1 Å². The van der Waals surface area contributed by atoms with Crippen LogP contribution in [0, 0.1) is 5.92 Å². The number of pyridine rings is 1. The normalized spacial score (nSPS) is 18.2. The second-order valence-corrected chi connectivity index (χ2v) is 7.85. The second-order valence-electron chi connectivity index (χ2n) is 7.85. The van der Waals surface area contributed by atoms with Crippen molar-refractivity contribution in [3.8, 4) is 0 Å². The quantitative estimate of drug-likeness (QED) is 0.700. The third-order valence-electron chi connectivity index (χ3n) is 5.72. The maximum atomic E-state index is 12.8. The summed E-state index contributed by atoms with van der Waals surface area (Å²) in [5.41, 5.74) is 1.12. The molecule has 2 N–H and O–H groups in total. The van der Waals surface area contributed by atoms with Crippen LogP contribution >= 0.6 is 12.4 Å². The fourth-order valence-corrected chi connectivity index (χ4v) is 4.08. The Labute approximate surface area is 184 Å². The highest BCUT2D eigenvalue weighted by atomic mass is 35.5. The van der Waals surface area contributed by atoms with Gasteiger partial charge in [0.2, 0.25) is 17.7 Å².